The first-order chi connectivity index (χ1) is 11.5. The molecule has 7 nitrogen and oxygen atoms in total. The molecule has 0 aliphatic carbocycles. The summed E-state index contributed by atoms with van der Waals surface area (Å²) in [6.07, 6.45) is 1.73. The lowest BCUT2D eigenvalue weighted by atomic mass is 10.2. The zero-order valence-electron chi connectivity index (χ0n) is 13.9. The van der Waals surface area contributed by atoms with Crippen molar-refractivity contribution >= 4 is 15.9 Å². The highest BCUT2D eigenvalue weighted by Gasteiger charge is 2.26. The lowest BCUT2D eigenvalue weighted by molar-refractivity contribution is -0.123. The van der Waals surface area contributed by atoms with Crippen LogP contribution in [0, 0.1) is 0 Å². The summed E-state index contributed by atoms with van der Waals surface area (Å²) in [5.41, 5.74) is 6.32. The average Bonchev–Trinajstić information content (AvgIpc) is 3.13. The van der Waals surface area contributed by atoms with Crippen molar-refractivity contribution in [2.75, 3.05) is 26.7 Å². The Labute approximate surface area is 143 Å². The van der Waals surface area contributed by atoms with Gasteiger partial charge in [-0.2, -0.15) is 4.31 Å². The summed E-state index contributed by atoms with van der Waals surface area (Å²) in [6, 6.07) is 6.62. The number of nitrogens with two attached hydrogens (primary N) is 1. The van der Waals surface area contributed by atoms with E-state index in [9.17, 15) is 13.2 Å². The van der Waals surface area contributed by atoms with Crippen LogP contribution in [0.5, 0.6) is 0 Å². The van der Waals surface area contributed by atoms with Crippen LogP contribution in [0.4, 0.5) is 0 Å². The quantitative estimate of drug-likeness (QED) is 0.705. The van der Waals surface area contributed by atoms with Crippen LogP contribution in [-0.2, 0) is 26.1 Å². The van der Waals surface area contributed by atoms with Gasteiger partial charge in [-0.3, -0.25) is 4.79 Å². The molecule has 1 amide bonds. The Morgan fingerprint density at radius 2 is 1.92 bits per heavy atom. The first-order valence-electron chi connectivity index (χ1n) is 8.06. The second-order valence-corrected chi connectivity index (χ2v) is 7.77. The van der Waals surface area contributed by atoms with Crippen molar-refractivity contribution in [1.29, 1.82) is 0 Å². The fourth-order valence-corrected chi connectivity index (χ4v) is 4.12. The topological polar surface area (TPSA) is 102 Å². The van der Waals surface area contributed by atoms with E-state index in [1.54, 1.807) is 24.3 Å². The molecule has 1 aromatic carbocycles. The maximum Gasteiger partial charge on any atom is 0.243 e. The molecule has 1 heterocycles. The van der Waals surface area contributed by atoms with Crippen molar-refractivity contribution in [3.05, 3.63) is 29.8 Å². The van der Waals surface area contributed by atoms with Crippen LogP contribution in [0.15, 0.2) is 29.2 Å². The van der Waals surface area contributed by atoms with E-state index >= 15 is 0 Å². The first-order valence-corrected chi connectivity index (χ1v) is 9.50. The minimum absolute atomic E-state index is 0.152. The molecule has 3 N–H and O–H groups in total. The van der Waals surface area contributed by atoms with Gasteiger partial charge in [0.05, 0.1) is 17.4 Å². The highest BCUT2D eigenvalue weighted by molar-refractivity contribution is 7.89. The minimum Gasteiger partial charge on any atom is -0.380 e. The first kappa shape index (κ1) is 18.9. The molecule has 1 aliphatic rings. The van der Waals surface area contributed by atoms with Gasteiger partial charge in [0.1, 0.15) is 0 Å². The zero-order valence-corrected chi connectivity index (χ0v) is 14.7. The van der Waals surface area contributed by atoms with Crippen molar-refractivity contribution < 1.29 is 17.9 Å². The molecule has 2 rings (SSSR count). The van der Waals surface area contributed by atoms with Crippen molar-refractivity contribution in [2.45, 2.75) is 36.8 Å². The molecule has 1 saturated heterocycles. The molecular formula is C16H25N3O4S. The maximum absolute atomic E-state index is 12.4. The Morgan fingerprint density at radius 3 is 2.46 bits per heavy atom. The number of benzene rings is 1. The van der Waals surface area contributed by atoms with Crippen molar-refractivity contribution in [3.8, 4) is 0 Å². The lowest BCUT2D eigenvalue weighted by Crippen LogP contribution is -2.32. The maximum atomic E-state index is 12.4. The predicted molar refractivity (Wildman–Crippen MR) is 90.7 cm³/mol. The Kier molecular flexibility index (Phi) is 6.73. The van der Waals surface area contributed by atoms with Gasteiger partial charge in [-0.05, 0) is 30.5 Å². The number of amides is 1. The number of nitrogens with zero attached hydrogens (tertiary/aromatic N) is 1. The third kappa shape index (κ3) is 4.76. The predicted octanol–water partition coefficient (Wildman–Crippen LogP) is 0.451. The van der Waals surface area contributed by atoms with Crippen LogP contribution in [-0.4, -0.2) is 51.5 Å². The molecule has 134 valence electrons. The number of carbonyl (C=O) groups excluding carboxylic acids is 1. The van der Waals surface area contributed by atoms with Gasteiger partial charge in [0, 0.05) is 33.3 Å². The van der Waals surface area contributed by atoms with E-state index in [-0.39, 0.29) is 25.0 Å². The third-order valence-electron chi connectivity index (χ3n) is 4.13. The molecule has 0 bridgehead atoms. The van der Waals surface area contributed by atoms with Crippen LogP contribution in [0.3, 0.4) is 0 Å². The van der Waals surface area contributed by atoms with Crippen LogP contribution >= 0.6 is 0 Å². The fourth-order valence-electron chi connectivity index (χ4n) is 2.60. The van der Waals surface area contributed by atoms with Crippen molar-refractivity contribution in [2.24, 2.45) is 5.73 Å². The summed E-state index contributed by atoms with van der Waals surface area (Å²) >= 11 is 0. The van der Waals surface area contributed by atoms with E-state index in [1.165, 1.54) is 11.4 Å². The second-order valence-electron chi connectivity index (χ2n) is 5.83. The zero-order chi connectivity index (χ0) is 17.6. The van der Waals surface area contributed by atoms with Gasteiger partial charge in [0.25, 0.3) is 0 Å². The van der Waals surface area contributed by atoms with Gasteiger partial charge in [-0.25, -0.2) is 8.42 Å². The van der Waals surface area contributed by atoms with Crippen LogP contribution < -0.4 is 11.1 Å². The van der Waals surface area contributed by atoms with Gasteiger partial charge in [0.15, 0.2) is 0 Å². The number of rotatable bonds is 8. The molecule has 1 fully saturated rings. The molecule has 0 saturated carbocycles. The van der Waals surface area contributed by atoms with Crippen LogP contribution in [0.1, 0.15) is 24.8 Å². The number of methoxy groups -OCH3 is 1. The Balaban J connectivity index is 1.91. The highest BCUT2D eigenvalue weighted by atomic mass is 32.2. The lowest BCUT2D eigenvalue weighted by Gasteiger charge is -2.16. The highest BCUT2D eigenvalue weighted by Crippen LogP contribution is 2.21. The van der Waals surface area contributed by atoms with E-state index in [2.05, 4.69) is 5.32 Å². The van der Waals surface area contributed by atoms with E-state index in [0.717, 1.165) is 18.4 Å². The summed E-state index contributed by atoms with van der Waals surface area (Å²) in [6.45, 7) is 1.79. The van der Waals surface area contributed by atoms with E-state index in [4.69, 9.17) is 10.5 Å². The summed E-state index contributed by atoms with van der Waals surface area (Å²) < 4.78 is 31.4. The van der Waals surface area contributed by atoms with E-state index < -0.39 is 10.0 Å². The van der Waals surface area contributed by atoms with Gasteiger partial charge in [-0.1, -0.05) is 12.1 Å². The molecular weight excluding hydrogens is 330 g/mol. The number of nitrogens with one attached hydrogen (secondary N) is 1. The molecule has 0 spiro atoms. The fraction of sp³-hybridized carbons (Fsp3) is 0.562. The largest absolute Gasteiger partial charge is 0.380 e. The Bertz CT molecular complexity index is 636. The molecule has 1 aliphatic heterocycles. The molecule has 0 aromatic heterocycles. The monoisotopic (exact) mass is 355 g/mol. The standard InChI is InChI=1S/C16H25N3O4S/c1-23-14(11-17)10-16(20)18-12-13-4-6-15(7-5-13)24(21,22)19-8-2-3-9-19/h4-7,14H,2-3,8-12,17H2,1H3,(H,18,20). The van der Waals surface area contributed by atoms with Gasteiger partial charge < -0.3 is 15.8 Å². The summed E-state index contributed by atoms with van der Waals surface area (Å²) in [7, 11) is -1.88. The number of sulfonamides is 1. The van der Waals surface area contributed by atoms with Crippen molar-refractivity contribution in [1.82, 2.24) is 9.62 Å². The van der Waals surface area contributed by atoms with Crippen LogP contribution in [0.2, 0.25) is 0 Å². The molecule has 1 atom stereocenters. The number of ether oxygens (including phenoxy) is 1. The number of carbonyl (C=O) groups is 1. The van der Waals surface area contributed by atoms with Gasteiger partial charge >= 0.3 is 0 Å². The Morgan fingerprint density at radius 1 is 1.29 bits per heavy atom. The minimum atomic E-state index is -3.39. The molecule has 24 heavy (non-hydrogen) atoms. The average molecular weight is 355 g/mol. The van der Waals surface area contributed by atoms with E-state index in [1.807, 2.05) is 0 Å². The third-order valence-corrected chi connectivity index (χ3v) is 6.04. The molecule has 1 unspecified atom stereocenters. The summed E-state index contributed by atoms with van der Waals surface area (Å²) in [5, 5.41) is 2.78. The number of hydrogen-bond acceptors (Lipinski definition) is 5. The smallest absolute Gasteiger partial charge is 0.243 e. The summed E-state index contributed by atoms with van der Waals surface area (Å²) in [4.78, 5) is 12.1. The SMILES string of the molecule is COC(CN)CC(=O)NCc1ccc(S(=O)(=O)N2CCCC2)cc1. The Hall–Kier alpha value is -1.48. The normalized spacial score (nSPS) is 16.9. The molecule has 0 radical (unpaired) electrons. The van der Waals surface area contributed by atoms with Gasteiger partial charge in [-0.15, -0.1) is 0 Å². The number of hydrogen-bond donors (Lipinski definition) is 2. The second kappa shape index (κ2) is 8.57. The van der Waals surface area contributed by atoms with E-state index in [0.29, 0.717) is 24.5 Å². The van der Waals surface area contributed by atoms with Crippen LogP contribution in [0.25, 0.3) is 0 Å². The van der Waals surface area contributed by atoms with Gasteiger partial charge in [0.2, 0.25) is 15.9 Å². The molecule has 1 aromatic rings. The van der Waals surface area contributed by atoms with Crippen molar-refractivity contribution in [3.63, 3.8) is 0 Å². The molecule has 8 heteroatoms. The summed E-state index contributed by atoms with van der Waals surface area (Å²) in [5.74, 6) is -0.152.